The third-order valence-electron chi connectivity index (χ3n) is 4.14. The summed E-state index contributed by atoms with van der Waals surface area (Å²) in [6.07, 6.45) is 6.96. The molecule has 1 aliphatic carbocycles. The molecule has 0 N–H and O–H groups in total. The monoisotopic (exact) mass is 274 g/mol. The molecule has 1 aliphatic rings. The summed E-state index contributed by atoms with van der Waals surface area (Å²) in [6.45, 7) is 9.00. The van der Waals surface area contributed by atoms with Crippen molar-refractivity contribution in [2.24, 2.45) is 5.41 Å². The number of hydrogen-bond acceptors (Lipinski definition) is 0. The van der Waals surface area contributed by atoms with E-state index in [1.165, 1.54) is 33.1 Å². The molecule has 0 nitrogen and oxygen atoms in total. The van der Waals surface area contributed by atoms with Crippen LogP contribution in [0, 0.1) is 5.41 Å². The molecule has 0 unspecified atom stereocenters. The highest BCUT2D eigenvalue weighted by molar-refractivity contribution is 5.91. The second-order valence-corrected chi connectivity index (χ2v) is 6.85. The first-order valence-corrected chi connectivity index (χ1v) is 7.55. The van der Waals surface area contributed by atoms with E-state index in [9.17, 15) is 0 Å². The van der Waals surface area contributed by atoms with Gasteiger partial charge in [-0.1, -0.05) is 75.4 Å². The van der Waals surface area contributed by atoms with E-state index in [0.29, 0.717) is 0 Å². The van der Waals surface area contributed by atoms with Gasteiger partial charge in [0.2, 0.25) is 0 Å². The second-order valence-electron chi connectivity index (χ2n) is 6.85. The summed E-state index contributed by atoms with van der Waals surface area (Å²) in [5.41, 5.74) is 5.59. The molecule has 0 amide bonds. The summed E-state index contributed by atoms with van der Waals surface area (Å²) in [5, 5.41) is 2.62. The normalized spacial score (nSPS) is 17.2. The number of allylic oxidation sites excluding steroid dienone is 5. The van der Waals surface area contributed by atoms with Crippen molar-refractivity contribution in [3.05, 3.63) is 76.9 Å². The number of fused-ring (bicyclic) bond motifs is 1. The number of rotatable bonds is 1. The number of hydrogen-bond donors (Lipinski definition) is 0. The molecule has 0 heteroatoms. The summed E-state index contributed by atoms with van der Waals surface area (Å²) >= 11 is 0. The van der Waals surface area contributed by atoms with Crippen LogP contribution >= 0.6 is 0 Å². The van der Waals surface area contributed by atoms with Crippen molar-refractivity contribution in [1.82, 2.24) is 0 Å². The number of benzene rings is 2. The topological polar surface area (TPSA) is 0 Å². The molecular weight excluding hydrogens is 252 g/mol. The van der Waals surface area contributed by atoms with E-state index < -0.39 is 0 Å². The Morgan fingerprint density at radius 2 is 1.57 bits per heavy atom. The van der Waals surface area contributed by atoms with E-state index in [2.05, 4.69) is 88.4 Å². The van der Waals surface area contributed by atoms with Crippen LogP contribution in [0.5, 0.6) is 0 Å². The minimum absolute atomic E-state index is 0.204. The third-order valence-corrected chi connectivity index (χ3v) is 4.14. The maximum absolute atomic E-state index is 2.33. The maximum Gasteiger partial charge on any atom is -0.0111 e. The zero-order valence-electron chi connectivity index (χ0n) is 13.3. The predicted molar refractivity (Wildman–Crippen MR) is 93.2 cm³/mol. The van der Waals surface area contributed by atoms with Crippen molar-refractivity contribution in [2.45, 2.75) is 27.7 Å². The molecule has 0 saturated heterocycles. The van der Waals surface area contributed by atoms with Gasteiger partial charge in [-0.15, -0.1) is 0 Å². The van der Waals surface area contributed by atoms with E-state index >= 15 is 0 Å². The quantitative estimate of drug-likeness (QED) is 0.584. The fraction of sp³-hybridized carbons (Fsp3) is 0.238. The maximum atomic E-state index is 2.33. The van der Waals surface area contributed by atoms with Crippen LogP contribution in [0.4, 0.5) is 0 Å². The summed E-state index contributed by atoms with van der Waals surface area (Å²) < 4.78 is 0. The lowest BCUT2D eigenvalue weighted by atomic mass is 9.87. The van der Waals surface area contributed by atoms with E-state index in [1.54, 1.807) is 0 Å². The molecular formula is C21H22. The van der Waals surface area contributed by atoms with E-state index in [-0.39, 0.29) is 5.41 Å². The summed E-state index contributed by atoms with van der Waals surface area (Å²) in [4.78, 5) is 0. The summed E-state index contributed by atoms with van der Waals surface area (Å²) in [5.74, 6) is 0. The second kappa shape index (κ2) is 5.04. The van der Waals surface area contributed by atoms with Gasteiger partial charge in [0.25, 0.3) is 0 Å². The van der Waals surface area contributed by atoms with Gasteiger partial charge in [0.15, 0.2) is 0 Å². The average molecular weight is 274 g/mol. The molecule has 0 radical (unpaired) electrons. The minimum Gasteiger partial charge on any atom is -0.0616 e. The highest BCUT2D eigenvalue weighted by Gasteiger charge is 2.20. The molecule has 0 atom stereocenters. The van der Waals surface area contributed by atoms with E-state index in [4.69, 9.17) is 0 Å². The van der Waals surface area contributed by atoms with Gasteiger partial charge >= 0.3 is 0 Å². The van der Waals surface area contributed by atoms with Gasteiger partial charge < -0.3 is 0 Å². The Bertz CT molecular complexity index is 772. The Morgan fingerprint density at radius 1 is 0.857 bits per heavy atom. The molecule has 2 aromatic carbocycles. The predicted octanol–water partition coefficient (Wildman–Crippen LogP) is 6.16. The van der Waals surface area contributed by atoms with Crippen LogP contribution in [-0.4, -0.2) is 0 Å². The van der Waals surface area contributed by atoms with Crippen molar-refractivity contribution in [3.8, 4) is 0 Å². The van der Waals surface area contributed by atoms with Crippen LogP contribution in [0.25, 0.3) is 16.8 Å². The van der Waals surface area contributed by atoms with Crippen LogP contribution in [-0.2, 0) is 0 Å². The minimum atomic E-state index is 0.204. The van der Waals surface area contributed by atoms with Crippen LogP contribution < -0.4 is 0 Å². The molecule has 0 bridgehead atoms. The first-order valence-electron chi connectivity index (χ1n) is 7.55. The molecule has 0 spiro atoms. The molecule has 0 saturated carbocycles. The van der Waals surface area contributed by atoms with Gasteiger partial charge in [-0.3, -0.25) is 0 Å². The third kappa shape index (κ3) is 2.71. The fourth-order valence-electron chi connectivity index (χ4n) is 2.77. The van der Waals surface area contributed by atoms with Gasteiger partial charge in [0.1, 0.15) is 0 Å². The Balaban J connectivity index is 2.10. The molecule has 0 aromatic heterocycles. The smallest absolute Gasteiger partial charge is 0.0111 e. The molecule has 0 fully saturated rings. The van der Waals surface area contributed by atoms with E-state index in [0.717, 1.165) is 0 Å². The molecule has 3 rings (SSSR count). The van der Waals surface area contributed by atoms with Gasteiger partial charge in [0.05, 0.1) is 0 Å². The lowest BCUT2D eigenvalue weighted by Gasteiger charge is -2.18. The SMILES string of the molecule is CC1=CC(C(C)(C)C)=CC1=Cc1cccc2ccccc12. The van der Waals surface area contributed by atoms with Crippen molar-refractivity contribution in [3.63, 3.8) is 0 Å². The first-order chi connectivity index (χ1) is 9.95. The zero-order valence-corrected chi connectivity index (χ0v) is 13.3. The first kappa shape index (κ1) is 13.9. The van der Waals surface area contributed by atoms with Gasteiger partial charge in [-0.25, -0.2) is 0 Å². The van der Waals surface area contributed by atoms with Crippen molar-refractivity contribution in [2.75, 3.05) is 0 Å². The molecule has 106 valence electrons. The highest BCUT2D eigenvalue weighted by Crippen LogP contribution is 2.36. The summed E-state index contributed by atoms with van der Waals surface area (Å²) in [7, 11) is 0. The Hall–Kier alpha value is -2.08. The van der Waals surface area contributed by atoms with Crippen LogP contribution in [0.1, 0.15) is 33.3 Å². The zero-order chi connectivity index (χ0) is 15.0. The molecule has 0 aliphatic heterocycles. The fourth-order valence-corrected chi connectivity index (χ4v) is 2.77. The Morgan fingerprint density at radius 3 is 2.29 bits per heavy atom. The Kier molecular flexibility index (Phi) is 3.33. The standard InChI is InChI=1S/C21H22/c1-15-12-19(21(2,3)4)14-18(15)13-17-10-7-9-16-8-5-6-11-20(16)17/h5-14H,1-4H3. The molecule has 0 heterocycles. The van der Waals surface area contributed by atoms with Crippen LogP contribution in [0.3, 0.4) is 0 Å². The van der Waals surface area contributed by atoms with Crippen LogP contribution in [0.15, 0.2) is 71.3 Å². The van der Waals surface area contributed by atoms with Crippen molar-refractivity contribution >= 4 is 16.8 Å². The van der Waals surface area contributed by atoms with Crippen LogP contribution in [0.2, 0.25) is 0 Å². The van der Waals surface area contributed by atoms with E-state index in [1.807, 2.05) is 0 Å². The Labute approximate surface area is 127 Å². The van der Waals surface area contributed by atoms with Crippen molar-refractivity contribution in [1.29, 1.82) is 0 Å². The summed E-state index contributed by atoms with van der Waals surface area (Å²) in [6, 6.07) is 15.1. The molecule has 21 heavy (non-hydrogen) atoms. The lowest BCUT2D eigenvalue weighted by molar-refractivity contribution is 0.518. The van der Waals surface area contributed by atoms with Gasteiger partial charge in [-0.05, 0) is 51.5 Å². The largest absolute Gasteiger partial charge is 0.0616 e. The van der Waals surface area contributed by atoms with Gasteiger partial charge in [0, 0.05) is 0 Å². The lowest BCUT2D eigenvalue weighted by Crippen LogP contribution is -2.05. The average Bonchev–Trinajstić information content (AvgIpc) is 2.81. The van der Waals surface area contributed by atoms with Gasteiger partial charge in [-0.2, -0.15) is 0 Å². The highest BCUT2D eigenvalue weighted by atomic mass is 14.2. The van der Waals surface area contributed by atoms with Crippen molar-refractivity contribution < 1.29 is 0 Å². The molecule has 2 aromatic rings.